The molecule has 0 aliphatic rings. The Balaban J connectivity index is 1.85. The number of para-hydroxylation sites is 1. The van der Waals surface area contributed by atoms with E-state index >= 15 is 0 Å². The molecule has 4 aromatic rings. The summed E-state index contributed by atoms with van der Waals surface area (Å²) >= 11 is 0. The lowest BCUT2D eigenvalue weighted by Crippen LogP contribution is -2.10. The zero-order chi connectivity index (χ0) is 24.8. The molecule has 0 radical (unpaired) electrons. The van der Waals surface area contributed by atoms with Crippen molar-refractivity contribution >= 4 is 5.97 Å². The van der Waals surface area contributed by atoms with Crippen LogP contribution in [0.2, 0.25) is 0 Å². The van der Waals surface area contributed by atoms with Crippen LogP contribution in [0.5, 0.6) is 11.5 Å². The van der Waals surface area contributed by atoms with E-state index in [1.165, 1.54) is 12.1 Å². The van der Waals surface area contributed by atoms with Gasteiger partial charge in [-0.05, 0) is 48.4 Å². The molecule has 0 amide bonds. The monoisotopic (exact) mass is 474 g/mol. The molecule has 35 heavy (non-hydrogen) atoms. The maximum absolute atomic E-state index is 14.1. The number of carboxylic acids is 1. The fraction of sp³-hybridized carbons (Fsp3) is 0.214. The van der Waals surface area contributed by atoms with Crippen molar-refractivity contribution in [2.75, 3.05) is 13.7 Å². The summed E-state index contributed by atoms with van der Waals surface area (Å²) in [5.74, 6) is -0.245. The molecule has 0 atom stereocenters. The van der Waals surface area contributed by atoms with Gasteiger partial charge in [-0.3, -0.25) is 4.68 Å². The summed E-state index contributed by atoms with van der Waals surface area (Å²) in [5, 5.41) is 14.0. The van der Waals surface area contributed by atoms with Crippen molar-refractivity contribution in [3.63, 3.8) is 0 Å². The number of aliphatic carboxylic acids is 1. The molecule has 1 heterocycles. The normalized spacial score (nSPS) is 10.8. The summed E-state index contributed by atoms with van der Waals surface area (Å²) in [7, 11) is 1.62. The highest BCUT2D eigenvalue weighted by Gasteiger charge is 2.18. The Labute approximate surface area is 203 Å². The van der Waals surface area contributed by atoms with Gasteiger partial charge in [-0.25, -0.2) is 9.18 Å². The highest BCUT2D eigenvalue weighted by Crippen LogP contribution is 2.34. The second-order valence-electron chi connectivity index (χ2n) is 8.16. The molecule has 0 fully saturated rings. The van der Waals surface area contributed by atoms with E-state index in [0.29, 0.717) is 29.1 Å². The minimum absolute atomic E-state index is 0.343. The smallest absolute Gasteiger partial charge is 0.341 e. The molecular formula is C28H27FN2O4. The number of aromatic nitrogens is 2. The predicted octanol–water partition coefficient (Wildman–Crippen LogP) is 5.83. The SMILES string of the molecule is CCCc1ccc(OCC(=O)O)c(-c2cc(-c3cccc(F)c3)n(Cc3ccccc3OC)n2)c1. The van der Waals surface area contributed by atoms with Crippen molar-refractivity contribution in [1.82, 2.24) is 9.78 Å². The molecule has 0 aliphatic carbocycles. The van der Waals surface area contributed by atoms with Gasteiger partial charge >= 0.3 is 5.97 Å². The van der Waals surface area contributed by atoms with Crippen LogP contribution in [-0.2, 0) is 17.8 Å². The number of ether oxygens (including phenoxy) is 2. The van der Waals surface area contributed by atoms with E-state index in [1.807, 2.05) is 48.5 Å². The van der Waals surface area contributed by atoms with Crippen LogP contribution in [0, 0.1) is 5.82 Å². The van der Waals surface area contributed by atoms with E-state index in [-0.39, 0.29) is 5.82 Å². The summed E-state index contributed by atoms with van der Waals surface area (Å²) in [5.41, 5.74) is 4.71. The number of nitrogens with zero attached hydrogens (tertiary/aromatic N) is 2. The number of hydrogen-bond acceptors (Lipinski definition) is 4. The number of rotatable bonds is 10. The van der Waals surface area contributed by atoms with Crippen LogP contribution in [0.15, 0.2) is 72.8 Å². The molecule has 0 spiro atoms. The Morgan fingerprint density at radius 2 is 1.86 bits per heavy atom. The van der Waals surface area contributed by atoms with Crippen LogP contribution in [0.3, 0.4) is 0 Å². The lowest BCUT2D eigenvalue weighted by atomic mass is 10.0. The maximum Gasteiger partial charge on any atom is 0.341 e. The number of carboxylic acid groups (broad SMARTS) is 1. The standard InChI is InChI=1S/C28H27FN2O4/c1-3-7-19-12-13-27(35-18-28(32)33)23(14-19)24-16-25(20-9-6-10-22(29)15-20)31(30-24)17-21-8-4-5-11-26(21)34-2/h4-6,8-16H,3,7,17-18H2,1-2H3,(H,32,33). The molecule has 1 N–H and O–H groups in total. The molecule has 1 aromatic heterocycles. The average Bonchev–Trinajstić information content (AvgIpc) is 3.27. The molecule has 0 saturated carbocycles. The molecule has 0 unspecified atom stereocenters. The van der Waals surface area contributed by atoms with Gasteiger partial charge in [-0.15, -0.1) is 0 Å². The third-order valence-corrected chi connectivity index (χ3v) is 5.62. The molecule has 0 aliphatic heterocycles. The van der Waals surface area contributed by atoms with Crippen LogP contribution < -0.4 is 9.47 Å². The largest absolute Gasteiger partial charge is 0.496 e. The Hall–Kier alpha value is -4.13. The van der Waals surface area contributed by atoms with Gasteiger partial charge in [0.25, 0.3) is 0 Å². The molecule has 4 rings (SSSR count). The van der Waals surface area contributed by atoms with Gasteiger partial charge < -0.3 is 14.6 Å². The van der Waals surface area contributed by atoms with Gasteiger partial charge in [-0.1, -0.05) is 49.7 Å². The zero-order valence-electron chi connectivity index (χ0n) is 19.7. The van der Waals surface area contributed by atoms with E-state index in [9.17, 15) is 9.18 Å². The molecular weight excluding hydrogens is 447 g/mol. The fourth-order valence-electron chi connectivity index (χ4n) is 4.03. The van der Waals surface area contributed by atoms with Gasteiger partial charge in [-0.2, -0.15) is 5.10 Å². The van der Waals surface area contributed by atoms with Crippen molar-refractivity contribution in [3.8, 4) is 34.0 Å². The first-order chi connectivity index (χ1) is 17.0. The quantitative estimate of drug-likeness (QED) is 0.313. The first-order valence-corrected chi connectivity index (χ1v) is 11.4. The highest BCUT2D eigenvalue weighted by molar-refractivity contribution is 5.74. The van der Waals surface area contributed by atoms with Crippen molar-refractivity contribution in [1.29, 1.82) is 0 Å². The maximum atomic E-state index is 14.1. The predicted molar refractivity (Wildman–Crippen MR) is 132 cm³/mol. The highest BCUT2D eigenvalue weighted by atomic mass is 19.1. The lowest BCUT2D eigenvalue weighted by Gasteiger charge is -2.12. The minimum atomic E-state index is -1.06. The lowest BCUT2D eigenvalue weighted by molar-refractivity contribution is -0.139. The van der Waals surface area contributed by atoms with Gasteiger partial charge in [0.1, 0.15) is 17.3 Å². The Morgan fingerprint density at radius 1 is 1.03 bits per heavy atom. The van der Waals surface area contributed by atoms with Crippen LogP contribution in [0.4, 0.5) is 4.39 Å². The van der Waals surface area contributed by atoms with Crippen molar-refractivity contribution in [2.24, 2.45) is 0 Å². The zero-order valence-corrected chi connectivity index (χ0v) is 19.7. The van der Waals surface area contributed by atoms with Gasteiger partial charge in [0.2, 0.25) is 0 Å². The Bertz CT molecular complexity index is 1330. The number of methoxy groups -OCH3 is 1. The number of benzene rings is 3. The summed E-state index contributed by atoms with van der Waals surface area (Å²) < 4.78 is 27.0. The van der Waals surface area contributed by atoms with E-state index in [1.54, 1.807) is 23.9 Å². The molecule has 180 valence electrons. The van der Waals surface area contributed by atoms with Crippen molar-refractivity contribution < 1.29 is 23.8 Å². The van der Waals surface area contributed by atoms with Gasteiger partial charge in [0.05, 0.1) is 25.0 Å². The second-order valence-corrected chi connectivity index (χ2v) is 8.16. The molecule has 0 bridgehead atoms. The van der Waals surface area contributed by atoms with E-state index in [2.05, 4.69) is 6.92 Å². The molecule has 3 aromatic carbocycles. The first-order valence-electron chi connectivity index (χ1n) is 11.4. The first kappa shape index (κ1) is 24.0. The summed E-state index contributed by atoms with van der Waals surface area (Å²) in [6.07, 6.45) is 1.83. The summed E-state index contributed by atoms with van der Waals surface area (Å²) in [4.78, 5) is 11.1. The molecule has 7 heteroatoms. The number of aryl methyl sites for hydroxylation is 1. The number of carbonyl (C=O) groups is 1. The Morgan fingerprint density at radius 3 is 2.60 bits per heavy atom. The summed E-state index contributed by atoms with van der Waals surface area (Å²) in [6.45, 7) is 2.03. The van der Waals surface area contributed by atoms with E-state index in [0.717, 1.165) is 35.4 Å². The number of halogens is 1. The van der Waals surface area contributed by atoms with Crippen LogP contribution in [-0.4, -0.2) is 34.6 Å². The van der Waals surface area contributed by atoms with Gasteiger partial charge in [0, 0.05) is 16.7 Å². The van der Waals surface area contributed by atoms with Crippen molar-refractivity contribution in [2.45, 2.75) is 26.3 Å². The molecule has 6 nitrogen and oxygen atoms in total. The van der Waals surface area contributed by atoms with Crippen LogP contribution in [0.25, 0.3) is 22.5 Å². The van der Waals surface area contributed by atoms with Crippen molar-refractivity contribution in [3.05, 3.63) is 89.7 Å². The molecule has 0 saturated heterocycles. The number of hydrogen-bond donors (Lipinski definition) is 1. The van der Waals surface area contributed by atoms with E-state index < -0.39 is 12.6 Å². The van der Waals surface area contributed by atoms with Crippen LogP contribution in [0.1, 0.15) is 24.5 Å². The third-order valence-electron chi connectivity index (χ3n) is 5.62. The topological polar surface area (TPSA) is 73.6 Å². The summed E-state index contributed by atoms with van der Waals surface area (Å²) in [6, 6.07) is 21.6. The van der Waals surface area contributed by atoms with E-state index in [4.69, 9.17) is 19.7 Å². The average molecular weight is 475 g/mol. The third kappa shape index (κ3) is 5.69. The second kappa shape index (κ2) is 10.9. The fourth-order valence-corrected chi connectivity index (χ4v) is 4.03. The minimum Gasteiger partial charge on any atom is -0.496 e. The van der Waals surface area contributed by atoms with Crippen LogP contribution >= 0.6 is 0 Å². The van der Waals surface area contributed by atoms with Gasteiger partial charge in [0.15, 0.2) is 6.61 Å². The Kier molecular flexibility index (Phi) is 7.45.